The molecule has 0 aliphatic rings. The molecule has 0 aliphatic carbocycles. The Kier molecular flexibility index (Phi) is 5.30. The molecule has 1 N–H and O–H groups in total. The van der Waals surface area contributed by atoms with Gasteiger partial charge in [-0.1, -0.05) is 25.1 Å². The Morgan fingerprint density at radius 3 is 2.54 bits per heavy atom. The molecule has 7 nitrogen and oxygen atoms in total. The van der Waals surface area contributed by atoms with Crippen molar-refractivity contribution in [3.63, 3.8) is 0 Å². The fourth-order valence-corrected chi connectivity index (χ4v) is 3.74. The van der Waals surface area contributed by atoms with Gasteiger partial charge in [-0.2, -0.15) is 0 Å². The van der Waals surface area contributed by atoms with Gasteiger partial charge in [-0.25, -0.2) is 8.42 Å². The topological polar surface area (TPSA) is 106 Å². The Labute approximate surface area is 139 Å². The van der Waals surface area contributed by atoms with Crippen molar-refractivity contribution in [3.05, 3.63) is 64.2 Å². The molecule has 0 aliphatic heterocycles. The van der Waals surface area contributed by atoms with Crippen molar-refractivity contribution in [2.24, 2.45) is 0 Å². The van der Waals surface area contributed by atoms with Crippen molar-refractivity contribution < 1.29 is 18.1 Å². The minimum Gasteiger partial charge on any atom is -0.322 e. The summed E-state index contributed by atoms with van der Waals surface area (Å²) in [5, 5.41) is 13.3. The first-order chi connectivity index (χ1) is 11.3. The Morgan fingerprint density at radius 2 is 1.88 bits per heavy atom. The molecule has 0 radical (unpaired) electrons. The fourth-order valence-electron chi connectivity index (χ4n) is 2.20. The number of nitro groups is 1. The zero-order chi connectivity index (χ0) is 17.7. The Bertz CT molecular complexity index is 878. The van der Waals surface area contributed by atoms with Crippen LogP contribution < -0.4 is 5.32 Å². The fraction of sp³-hybridized carbons (Fsp3) is 0.188. The molecule has 24 heavy (non-hydrogen) atoms. The number of nitrogens with one attached hydrogen (secondary N) is 1. The van der Waals surface area contributed by atoms with Crippen molar-refractivity contribution in [1.82, 2.24) is 0 Å². The number of hydrogen-bond acceptors (Lipinski definition) is 5. The van der Waals surface area contributed by atoms with E-state index in [1.807, 2.05) is 0 Å². The molecule has 0 atom stereocenters. The molecule has 0 saturated carbocycles. The van der Waals surface area contributed by atoms with Gasteiger partial charge in [0.2, 0.25) is 0 Å². The lowest BCUT2D eigenvalue weighted by molar-refractivity contribution is -0.384. The number of non-ortho nitro benzene ring substituents is 1. The average Bonchev–Trinajstić information content (AvgIpc) is 2.55. The molecule has 0 unspecified atom stereocenters. The van der Waals surface area contributed by atoms with E-state index in [1.54, 1.807) is 19.1 Å². The molecule has 8 heteroatoms. The van der Waals surface area contributed by atoms with Crippen LogP contribution in [0.3, 0.4) is 0 Å². The monoisotopic (exact) mass is 348 g/mol. The number of carbonyl (C=O) groups excluding carboxylic acids is 1. The van der Waals surface area contributed by atoms with Gasteiger partial charge in [-0.3, -0.25) is 14.9 Å². The van der Waals surface area contributed by atoms with E-state index >= 15 is 0 Å². The minimum absolute atomic E-state index is 0.0115. The van der Waals surface area contributed by atoms with Crippen LogP contribution in [0.2, 0.25) is 0 Å². The molecule has 0 fully saturated rings. The van der Waals surface area contributed by atoms with E-state index in [9.17, 15) is 23.3 Å². The van der Waals surface area contributed by atoms with Crippen molar-refractivity contribution in [1.29, 1.82) is 0 Å². The van der Waals surface area contributed by atoms with Crippen LogP contribution in [0.4, 0.5) is 11.4 Å². The minimum atomic E-state index is -3.57. The normalized spacial score (nSPS) is 11.0. The van der Waals surface area contributed by atoms with E-state index in [1.165, 1.54) is 36.4 Å². The van der Waals surface area contributed by atoms with Gasteiger partial charge in [0.05, 0.1) is 21.1 Å². The van der Waals surface area contributed by atoms with E-state index in [-0.39, 0.29) is 27.6 Å². The Hall–Kier alpha value is -2.74. The first-order valence-corrected chi connectivity index (χ1v) is 8.88. The molecular formula is C16H16N2O5S. The number of anilines is 1. The van der Waals surface area contributed by atoms with Crippen LogP contribution in [0.15, 0.2) is 53.4 Å². The summed E-state index contributed by atoms with van der Waals surface area (Å²) in [6.45, 7) is 1.74. The van der Waals surface area contributed by atoms with E-state index in [0.29, 0.717) is 6.42 Å². The van der Waals surface area contributed by atoms with Gasteiger partial charge in [-0.05, 0) is 24.6 Å². The second-order valence-electron chi connectivity index (χ2n) is 5.08. The van der Waals surface area contributed by atoms with Gasteiger partial charge in [0, 0.05) is 17.8 Å². The molecule has 0 aromatic heterocycles. The number of sulfone groups is 1. The lowest BCUT2D eigenvalue weighted by atomic mass is 10.2. The highest BCUT2D eigenvalue weighted by atomic mass is 32.2. The molecule has 2 aromatic rings. The molecule has 1 amide bonds. The third-order valence-corrected chi connectivity index (χ3v) is 5.23. The van der Waals surface area contributed by atoms with Gasteiger partial charge in [0.15, 0.2) is 9.84 Å². The number of carbonyl (C=O) groups is 1. The summed E-state index contributed by atoms with van der Waals surface area (Å²) in [4.78, 5) is 22.6. The maximum atomic E-state index is 12.4. The summed E-state index contributed by atoms with van der Waals surface area (Å²) in [5.41, 5.74) is 0.0639. The van der Waals surface area contributed by atoms with Crippen molar-refractivity contribution in [2.75, 3.05) is 11.1 Å². The molecule has 0 heterocycles. The summed E-state index contributed by atoms with van der Waals surface area (Å²) >= 11 is 0. The number of benzene rings is 2. The average molecular weight is 348 g/mol. The van der Waals surface area contributed by atoms with Gasteiger partial charge in [0.1, 0.15) is 0 Å². The van der Waals surface area contributed by atoms with E-state index in [2.05, 4.69) is 5.32 Å². The number of rotatable bonds is 6. The molecule has 2 aromatic carbocycles. The number of hydrogen-bond donors (Lipinski definition) is 1. The highest BCUT2D eigenvalue weighted by Crippen LogP contribution is 2.21. The van der Waals surface area contributed by atoms with Gasteiger partial charge in [0.25, 0.3) is 11.6 Å². The highest BCUT2D eigenvalue weighted by Gasteiger charge is 2.21. The van der Waals surface area contributed by atoms with Gasteiger partial charge in [-0.15, -0.1) is 0 Å². The predicted molar refractivity (Wildman–Crippen MR) is 89.8 cm³/mol. The lowest BCUT2D eigenvalue weighted by Crippen LogP contribution is -2.17. The molecule has 0 saturated heterocycles. The van der Waals surface area contributed by atoms with Crippen LogP contribution >= 0.6 is 0 Å². The Balaban J connectivity index is 2.35. The molecule has 0 spiro atoms. The maximum absolute atomic E-state index is 12.4. The summed E-state index contributed by atoms with van der Waals surface area (Å²) in [6.07, 6.45) is 0.434. The first-order valence-electron chi connectivity index (χ1n) is 7.22. The highest BCUT2D eigenvalue weighted by molar-refractivity contribution is 7.91. The quantitative estimate of drug-likeness (QED) is 0.638. The zero-order valence-corrected chi connectivity index (χ0v) is 13.7. The summed E-state index contributed by atoms with van der Waals surface area (Å²) < 4.78 is 24.6. The number of amides is 1. The van der Waals surface area contributed by atoms with Crippen LogP contribution in [0, 0.1) is 10.1 Å². The van der Waals surface area contributed by atoms with Crippen LogP contribution in [-0.4, -0.2) is 25.0 Å². The smallest absolute Gasteiger partial charge is 0.271 e. The van der Waals surface area contributed by atoms with Crippen molar-refractivity contribution >= 4 is 27.1 Å². The third kappa shape index (κ3) is 3.96. The van der Waals surface area contributed by atoms with E-state index in [4.69, 9.17) is 0 Å². The standard InChI is InChI=1S/C16H16N2O5S/c1-2-10-24(22,23)15-9-4-3-8-14(15)16(19)17-12-6-5-7-13(11-12)18(20)21/h3-9,11H,2,10H2,1H3,(H,17,19). The molecular weight excluding hydrogens is 332 g/mol. The number of nitrogens with zero attached hydrogens (tertiary/aromatic N) is 1. The van der Waals surface area contributed by atoms with Crippen LogP contribution in [-0.2, 0) is 9.84 Å². The SMILES string of the molecule is CCCS(=O)(=O)c1ccccc1C(=O)Nc1cccc([N+](=O)[O-])c1. The summed E-state index contributed by atoms with van der Waals surface area (Å²) in [5.74, 6) is -0.695. The Morgan fingerprint density at radius 1 is 1.17 bits per heavy atom. The predicted octanol–water partition coefficient (Wildman–Crippen LogP) is 3.03. The zero-order valence-electron chi connectivity index (χ0n) is 12.9. The van der Waals surface area contributed by atoms with Crippen molar-refractivity contribution in [3.8, 4) is 0 Å². The van der Waals surface area contributed by atoms with E-state index in [0.717, 1.165) is 0 Å². The van der Waals surface area contributed by atoms with Crippen LogP contribution in [0.1, 0.15) is 23.7 Å². The molecule has 2 rings (SSSR count). The van der Waals surface area contributed by atoms with Crippen molar-refractivity contribution in [2.45, 2.75) is 18.2 Å². The third-order valence-electron chi connectivity index (χ3n) is 3.25. The van der Waals surface area contributed by atoms with Crippen LogP contribution in [0.5, 0.6) is 0 Å². The number of nitro benzene ring substituents is 1. The largest absolute Gasteiger partial charge is 0.322 e. The summed E-state index contributed by atoms with van der Waals surface area (Å²) in [7, 11) is -3.57. The molecule has 0 bridgehead atoms. The van der Waals surface area contributed by atoms with E-state index < -0.39 is 20.7 Å². The van der Waals surface area contributed by atoms with Gasteiger partial charge >= 0.3 is 0 Å². The molecule has 126 valence electrons. The maximum Gasteiger partial charge on any atom is 0.271 e. The van der Waals surface area contributed by atoms with Gasteiger partial charge < -0.3 is 5.32 Å². The first kappa shape index (κ1) is 17.6. The summed E-state index contributed by atoms with van der Waals surface area (Å²) in [6, 6.07) is 11.3. The second kappa shape index (κ2) is 7.22. The second-order valence-corrected chi connectivity index (χ2v) is 7.15. The lowest BCUT2D eigenvalue weighted by Gasteiger charge is -2.10. The van der Waals surface area contributed by atoms with Crippen LogP contribution in [0.25, 0.3) is 0 Å².